The predicted octanol–water partition coefficient (Wildman–Crippen LogP) is 1.70. The van der Waals surface area contributed by atoms with Crippen molar-refractivity contribution in [2.75, 3.05) is 39.3 Å². The van der Waals surface area contributed by atoms with Gasteiger partial charge in [-0.25, -0.2) is 0 Å². The summed E-state index contributed by atoms with van der Waals surface area (Å²) in [5.41, 5.74) is -0.233. The van der Waals surface area contributed by atoms with Crippen LogP contribution in [0.25, 0.3) is 0 Å². The van der Waals surface area contributed by atoms with Gasteiger partial charge < -0.3 is 15.5 Å². The molecule has 128 valence electrons. The van der Waals surface area contributed by atoms with Gasteiger partial charge in [-0.05, 0) is 25.1 Å². The summed E-state index contributed by atoms with van der Waals surface area (Å²) in [6.07, 6.45) is 0.806. The minimum atomic E-state index is -0.577. The maximum absolute atomic E-state index is 12.1. The van der Waals surface area contributed by atoms with Crippen molar-refractivity contribution in [2.24, 2.45) is 0 Å². The summed E-state index contributed by atoms with van der Waals surface area (Å²) >= 11 is 5.81. The molecule has 1 fully saturated rings. The van der Waals surface area contributed by atoms with E-state index in [4.69, 9.17) is 11.6 Å². The quantitative estimate of drug-likeness (QED) is 0.456. The van der Waals surface area contributed by atoms with Crippen molar-refractivity contribution in [3.8, 4) is 0 Å². The van der Waals surface area contributed by atoms with E-state index in [0.29, 0.717) is 11.6 Å². The van der Waals surface area contributed by atoms with Gasteiger partial charge in [-0.2, -0.15) is 0 Å². The fourth-order valence-electron chi connectivity index (χ4n) is 2.38. The lowest BCUT2D eigenvalue weighted by molar-refractivity contribution is -0.385. The molecule has 7 nitrogen and oxygen atoms in total. The zero-order valence-electron chi connectivity index (χ0n) is 12.6. The molecule has 2 N–H and O–H groups in total. The van der Waals surface area contributed by atoms with Crippen LogP contribution in [0.3, 0.4) is 0 Å². The summed E-state index contributed by atoms with van der Waals surface area (Å²) in [6.45, 7) is 5.37. The van der Waals surface area contributed by atoms with Crippen molar-refractivity contribution in [3.05, 3.63) is 38.9 Å². The number of hydrogen-bond acceptors (Lipinski definition) is 5. The van der Waals surface area contributed by atoms with Crippen molar-refractivity contribution in [1.29, 1.82) is 0 Å². The topological polar surface area (TPSA) is 87.5 Å². The maximum atomic E-state index is 12.1. The molecular formula is C14H20Cl2N4O3. The Bertz CT molecular complexity index is 551. The Labute approximate surface area is 145 Å². The van der Waals surface area contributed by atoms with E-state index in [-0.39, 0.29) is 23.7 Å². The lowest BCUT2D eigenvalue weighted by Gasteiger charge is -2.27. The lowest BCUT2D eigenvalue weighted by atomic mass is 10.1. The van der Waals surface area contributed by atoms with Gasteiger partial charge in [0.15, 0.2) is 0 Å². The van der Waals surface area contributed by atoms with Gasteiger partial charge in [0.2, 0.25) is 0 Å². The van der Waals surface area contributed by atoms with Gasteiger partial charge in [-0.3, -0.25) is 14.9 Å². The Morgan fingerprint density at radius 1 is 1.39 bits per heavy atom. The Kier molecular flexibility index (Phi) is 8.25. The maximum Gasteiger partial charge on any atom is 0.282 e. The van der Waals surface area contributed by atoms with Gasteiger partial charge in [-0.15, -0.1) is 12.4 Å². The number of halogens is 2. The highest BCUT2D eigenvalue weighted by Crippen LogP contribution is 2.22. The molecule has 1 aromatic carbocycles. The molecule has 1 aromatic rings. The van der Waals surface area contributed by atoms with Crippen LogP contribution < -0.4 is 10.6 Å². The largest absolute Gasteiger partial charge is 0.352 e. The number of nitrogens with one attached hydrogen (secondary N) is 2. The molecule has 1 heterocycles. The van der Waals surface area contributed by atoms with Crippen LogP contribution in [0, 0.1) is 10.1 Å². The number of piperazine rings is 1. The van der Waals surface area contributed by atoms with Crippen LogP contribution in [0.2, 0.25) is 5.02 Å². The summed E-state index contributed by atoms with van der Waals surface area (Å²) in [6, 6.07) is 3.98. The number of amides is 1. The van der Waals surface area contributed by atoms with E-state index in [1.54, 1.807) is 0 Å². The second kappa shape index (κ2) is 9.67. The van der Waals surface area contributed by atoms with Crippen molar-refractivity contribution in [3.63, 3.8) is 0 Å². The number of nitrogens with zero attached hydrogens (tertiary/aromatic N) is 2. The van der Waals surface area contributed by atoms with Crippen molar-refractivity contribution < 1.29 is 9.72 Å². The van der Waals surface area contributed by atoms with Crippen LogP contribution >= 0.6 is 24.0 Å². The number of carbonyl (C=O) groups excluding carboxylic acids is 1. The first kappa shape index (κ1) is 19.6. The smallest absolute Gasteiger partial charge is 0.282 e. The van der Waals surface area contributed by atoms with Crippen LogP contribution in [0.4, 0.5) is 5.69 Å². The second-order valence-electron chi connectivity index (χ2n) is 5.12. The fraction of sp³-hybridized carbons (Fsp3) is 0.500. The van der Waals surface area contributed by atoms with Crippen molar-refractivity contribution in [2.45, 2.75) is 6.42 Å². The molecule has 1 saturated heterocycles. The molecule has 2 rings (SSSR count). The van der Waals surface area contributed by atoms with E-state index < -0.39 is 10.8 Å². The molecule has 0 radical (unpaired) electrons. The number of carbonyl (C=O) groups is 1. The third-order valence-electron chi connectivity index (χ3n) is 3.55. The molecule has 0 aliphatic carbocycles. The molecule has 9 heteroatoms. The normalized spacial score (nSPS) is 14.8. The Balaban J connectivity index is 0.00000264. The van der Waals surface area contributed by atoms with Crippen LogP contribution in [0.5, 0.6) is 0 Å². The summed E-state index contributed by atoms with van der Waals surface area (Å²) in [4.78, 5) is 24.8. The van der Waals surface area contributed by atoms with E-state index in [0.717, 1.165) is 39.1 Å². The number of nitro groups is 1. The Hall–Kier alpha value is -1.41. The summed E-state index contributed by atoms with van der Waals surface area (Å²) < 4.78 is 0. The number of benzene rings is 1. The molecule has 1 amide bonds. The lowest BCUT2D eigenvalue weighted by Crippen LogP contribution is -2.44. The standard InChI is InChI=1S/C14H19ClN4O3.ClH/c15-11-2-3-13(19(21)22)12(10-11)14(20)17-4-1-7-18-8-5-16-6-9-18;/h2-3,10,16H,1,4-9H2,(H,17,20);1H. The van der Waals surface area contributed by atoms with Crippen molar-refractivity contribution >= 4 is 35.6 Å². The molecule has 0 aromatic heterocycles. The monoisotopic (exact) mass is 362 g/mol. The van der Waals surface area contributed by atoms with Gasteiger partial charge in [0.05, 0.1) is 4.92 Å². The average Bonchev–Trinajstić information content (AvgIpc) is 2.52. The highest BCUT2D eigenvalue weighted by molar-refractivity contribution is 6.31. The van der Waals surface area contributed by atoms with Gasteiger partial charge in [0.1, 0.15) is 5.56 Å². The predicted molar refractivity (Wildman–Crippen MR) is 91.6 cm³/mol. The zero-order chi connectivity index (χ0) is 15.9. The summed E-state index contributed by atoms with van der Waals surface area (Å²) in [5, 5.41) is 17.2. The first-order chi connectivity index (χ1) is 10.6. The number of nitro benzene ring substituents is 1. The van der Waals surface area contributed by atoms with E-state index in [1.165, 1.54) is 18.2 Å². The van der Waals surface area contributed by atoms with Crippen LogP contribution in [-0.2, 0) is 0 Å². The van der Waals surface area contributed by atoms with E-state index in [9.17, 15) is 14.9 Å². The van der Waals surface area contributed by atoms with Crippen molar-refractivity contribution in [1.82, 2.24) is 15.5 Å². The molecule has 0 unspecified atom stereocenters. The molecule has 1 aliphatic rings. The van der Waals surface area contributed by atoms with Crippen LogP contribution in [-0.4, -0.2) is 55.0 Å². The van der Waals surface area contributed by atoms with Crippen LogP contribution in [0.1, 0.15) is 16.8 Å². The third kappa shape index (κ3) is 5.95. The third-order valence-corrected chi connectivity index (χ3v) is 3.78. The molecule has 0 atom stereocenters. The second-order valence-corrected chi connectivity index (χ2v) is 5.56. The first-order valence-electron chi connectivity index (χ1n) is 7.23. The summed E-state index contributed by atoms with van der Waals surface area (Å²) in [5.74, 6) is -0.463. The number of rotatable bonds is 6. The molecule has 0 bridgehead atoms. The molecule has 1 aliphatic heterocycles. The average molecular weight is 363 g/mol. The first-order valence-corrected chi connectivity index (χ1v) is 7.61. The van der Waals surface area contributed by atoms with E-state index in [2.05, 4.69) is 15.5 Å². The van der Waals surface area contributed by atoms with Crippen LogP contribution in [0.15, 0.2) is 18.2 Å². The molecule has 23 heavy (non-hydrogen) atoms. The SMILES string of the molecule is Cl.O=C(NCCCN1CCNCC1)c1cc(Cl)ccc1[N+](=O)[O-]. The molecular weight excluding hydrogens is 343 g/mol. The van der Waals surface area contributed by atoms with Gasteiger partial charge in [0, 0.05) is 43.8 Å². The highest BCUT2D eigenvalue weighted by atomic mass is 35.5. The minimum absolute atomic E-state index is 0. The summed E-state index contributed by atoms with van der Waals surface area (Å²) in [7, 11) is 0. The highest BCUT2D eigenvalue weighted by Gasteiger charge is 2.20. The minimum Gasteiger partial charge on any atom is -0.352 e. The number of hydrogen-bond donors (Lipinski definition) is 2. The van der Waals surface area contributed by atoms with E-state index in [1.807, 2.05) is 0 Å². The van der Waals surface area contributed by atoms with E-state index >= 15 is 0 Å². The molecule has 0 spiro atoms. The van der Waals surface area contributed by atoms with Gasteiger partial charge in [-0.1, -0.05) is 11.6 Å². The Morgan fingerprint density at radius 2 is 2.09 bits per heavy atom. The van der Waals surface area contributed by atoms with Gasteiger partial charge >= 0.3 is 0 Å². The van der Waals surface area contributed by atoms with Gasteiger partial charge in [0.25, 0.3) is 11.6 Å². The fourth-order valence-corrected chi connectivity index (χ4v) is 2.56. The zero-order valence-corrected chi connectivity index (χ0v) is 14.2. The molecule has 0 saturated carbocycles. The Morgan fingerprint density at radius 3 is 2.74 bits per heavy atom.